The van der Waals surface area contributed by atoms with Crippen molar-refractivity contribution in [1.29, 1.82) is 0 Å². The molecule has 0 aliphatic carbocycles. The van der Waals surface area contributed by atoms with Crippen molar-refractivity contribution in [2.45, 2.75) is 12.5 Å². The standard InChI is InChI=1S/C8H15N3O4S/c1-5(6(9)12)8(7(13)10-2)4-11(8)16(3,14)15/h5H,4H2,1-3H3,(H2,9,12)(H,10,13). The maximum absolute atomic E-state index is 11.7. The molecule has 3 atom stereocenters. The van der Waals surface area contributed by atoms with Crippen molar-refractivity contribution in [2.75, 3.05) is 19.8 Å². The molecule has 16 heavy (non-hydrogen) atoms. The minimum absolute atomic E-state index is 0.00435. The highest BCUT2D eigenvalue weighted by molar-refractivity contribution is 7.88. The van der Waals surface area contributed by atoms with Crippen LogP contribution in [0.5, 0.6) is 0 Å². The van der Waals surface area contributed by atoms with Gasteiger partial charge in [0.05, 0.1) is 12.2 Å². The second-order valence-corrected chi connectivity index (χ2v) is 5.80. The Labute approximate surface area is 94.0 Å². The number of amides is 2. The SMILES string of the molecule is CNC(=O)C1(C(C)C(N)=O)CN1S(C)(=O)=O. The maximum Gasteiger partial charge on any atom is 0.243 e. The van der Waals surface area contributed by atoms with E-state index in [1.165, 1.54) is 14.0 Å². The van der Waals surface area contributed by atoms with Crippen molar-refractivity contribution in [2.24, 2.45) is 11.7 Å². The second kappa shape index (κ2) is 3.70. The third kappa shape index (κ3) is 1.78. The lowest BCUT2D eigenvalue weighted by Crippen LogP contribution is -2.48. The molecule has 8 heteroatoms. The molecule has 3 unspecified atom stereocenters. The first-order chi connectivity index (χ1) is 7.17. The molecular formula is C8H15N3O4S. The van der Waals surface area contributed by atoms with E-state index < -0.39 is 33.3 Å². The molecule has 3 N–H and O–H groups in total. The van der Waals surface area contributed by atoms with Gasteiger partial charge in [0.15, 0.2) is 0 Å². The van der Waals surface area contributed by atoms with Crippen LogP contribution in [0.1, 0.15) is 6.92 Å². The summed E-state index contributed by atoms with van der Waals surface area (Å²) in [5.74, 6) is -2.07. The Morgan fingerprint density at radius 2 is 2.00 bits per heavy atom. The molecule has 0 aromatic carbocycles. The summed E-state index contributed by atoms with van der Waals surface area (Å²) in [7, 11) is -2.12. The number of hydrogen-bond donors (Lipinski definition) is 2. The van der Waals surface area contributed by atoms with Crippen molar-refractivity contribution >= 4 is 21.8 Å². The van der Waals surface area contributed by atoms with Gasteiger partial charge in [-0.25, -0.2) is 8.42 Å². The number of carbonyl (C=O) groups excluding carboxylic acids is 2. The Kier molecular flexibility index (Phi) is 2.99. The van der Waals surface area contributed by atoms with Gasteiger partial charge in [-0.15, -0.1) is 0 Å². The number of carbonyl (C=O) groups is 2. The lowest BCUT2D eigenvalue weighted by Gasteiger charge is -2.19. The molecule has 0 spiro atoms. The Hall–Kier alpha value is -1.15. The number of hydrogen-bond acceptors (Lipinski definition) is 4. The van der Waals surface area contributed by atoms with E-state index in [1.54, 1.807) is 0 Å². The molecule has 7 nitrogen and oxygen atoms in total. The van der Waals surface area contributed by atoms with Crippen LogP contribution >= 0.6 is 0 Å². The average Bonchev–Trinajstić information content (AvgIpc) is 2.91. The Bertz CT molecular complexity index is 433. The first kappa shape index (κ1) is 12.9. The highest BCUT2D eigenvalue weighted by Gasteiger charge is 2.67. The van der Waals surface area contributed by atoms with Gasteiger partial charge in [0.1, 0.15) is 5.54 Å². The number of likely N-dealkylation sites (N-methyl/N-ethyl adjacent to an activating group) is 1. The molecule has 0 saturated carbocycles. The molecule has 1 heterocycles. The van der Waals surface area contributed by atoms with Gasteiger partial charge in [-0.2, -0.15) is 4.31 Å². The van der Waals surface area contributed by atoms with Gasteiger partial charge in [-0.1, -0.05) is 6.92 Å². The third-order valence-electron chi connectivity index (χ3n) is 2.89. The van der Waals surface area contributed by atoms with Gasteiger partial charge in [-0.3, -0.25) is 9.59 Å². The van der Waals surface area contributed by atoms with Gasteiger partial charge >= 0.3 is 0 Å². The lowest BCUT2D eigenvalue weighted by atomic mass is 9.92. The first-order valence-electron chi connectivity index (χ1n) is 4.67. The molecule has 1 aliphatic rings. The summed E-state index contributed by atoms with van der Waals surface area (Å²) in [6.07, 6.45) is 0.991. The highest BCUT2D eigenvalue weighted by Crippen LogP contribution is 2.41. The zero-order valence-corrected chi connectivity index (χ0v) is 10.2. The largest absolute Gasteiger partial charge is 0.369 e. The Morgan fingerprint density at radius 1 is 1.50 bits per heavy atom. The van der Waals surface area contributed by atoms with Crippen LogP contribution in [0.3, 0.4) is 0 Å². The predicted octanol–water partition coefficient (Wildman–Crippen LogP) is -2.13. The first-order valence-corrected chi connectivity index (χ1v) is 6.52. The summed E-state index contributed by atoms with van der Waals surface area (Å²) in [5, 5.41) is 2.35. The lowest BCUT2D eigenvalue weighted by molar-refractivity contribution is -0.131. The second-order valence-electron chi connectivity index (χ2n) is 3.90. The molecule has 92 valence electrons. The van der Waals surface area contributed by atoms with Crippen LogP contribution in [-0.2, 0) is 19.6 Å². The molecule has 1 aliphatic heterocycles. The maximum atomic E-state index is 11.7. The molecule has 2 amide bonds. The van der Waals surface area contributed by atoms with Crippen LogP contribution in [0.4, 0.5) is 0 Å². The molecule has 0 aromatic rings. The molecule has 0 radical (unpaired) electrons. The summed E-state index contributed by atoms with van der Waals surface area (Å²) in [6.45, 7) is 1.44. The minimum Gasteiger partial charge on any atom is -0.369 e. The fourth-order valence-electron chi connectivity index (χ4n) is 1.78. The zero-order valence-electron chi connectivity index (χ0n) is 9.35. The van der Waals surface area contributed by atoms with E-state index in [0.29, 0.717) is 0 Å². The summed E-state index contributed by atoms with van der Waals surface area (Å²) < 4.78 is 23.7. The molecule has 0 bridgehead atoms. The van der Waals surface area contributed by atoms with E-state index in [4.69, 9.17) is 5.73 Å². The Morgan fingerprint density at radius 3 is 2.25 bits per heavy atom. The van der Waals surface area contributed by atoms with Crippen molar-refractivity contribution in [3.63, 3.8) is 0 Å². The van der Waals surface area contributed by atoms with E-state index in [0.717, 1.165) is 10.6 Å². The number of rotatable bonds is 4. The number of primary amides is 1. The monoisotopic (exact) mass is 249 g/mol. The molecule has 0 aromatic heterocycles. The molecular weight excluding hydrogens is 234 g/mol. The number of nitrogens with two attached hydrogens (primary N) is 1. The van der Waals surface area contributed by atoms with Crippen LogP contribution in [0.2, 0.25) is 0 Å². The summed E-state index contributed by atoms with van der Waals surface area (Å²) in [6, 6.07) is 0. The van der Waals surface area contributed by atoms with Gasteiger partial charge in [-0.05, 0) is 0 Å². The van der Waals surface area contributed by atoms with Crippen LogP contribution in [-0.4, -0.2) is 49.9 Å². The smallest absolute Gasteiger partial charge is 0.243 e. The molecule has 1 rings (SSSR count). The van der Waals surface area contributed by atoms with Crippen LogP contribution in [0.25, 0.3) is 0 Å². The fourth-order valence-corrected chi connectivity index (χ4v) is 3.05. The highest BCUT2D eigenvalue weighted by atomic mass is 32.2. The van der Waals surface area contributed by atoms with Crippen LogP contribution < -0.4 is 11.1 Å². The predicted molar refractivity (Wildman–Crippen MR) is 56.7 cm³/mol. The zero-order chi connectivity index (χ0) is 12.7. The van der Waals surface area contributed by atoms with E-state index in [9.17, 15) is 18.0 Å². The number of sulfonamides is 1. The van der Waals surface area contributed by atoms with E-state index in [-0.39, 0.29) is 6.54 Å². The fraction of sp³-hybridized carbons (Fsp3) is 0.750. The topological polar surface area (TPSA) is 109 Å². The summed E-state index contributed by atoms with van der Waals surface area (Å²) in [4.78, 5) is 22.8. The van der Waals surface area contributed by atoms with Crippen molar-refractivity contribution in [3.05, 3.63) is 0 Å². The number of nitrogens with zero attached hydrogens (tertiary/aromatic N) is 1. The molecule has 1 saturated heterocycles. The van der Waals surface area contributed by atoms with Gasteiger partial charge in [0.25, 0.3) is 0 Å². The van der Waals surface area contributed by atoms with E-state index in [2.05, 4.69) is 5.32 Å². The van der Waals surface area contributed by atoms with Crippen molar-refractivity contribution in [3.8, 4) is 0 Å². The molecule has 1 fully saturated rings. The average molecular weight is 249 g/mol. The van der Waals surface area contributed by atoms with Crippen LogP contribution in [0.15, 0.2) is 0 Å². The van der Waals surface area contributed by atoms with Crippen molar-refractivity contribution in [1.82, 2.24) is 9.62 Å². The van der Waals surface area contributed by atoms with Gasteiger partial charge in [0, 0.05) is 13.6 Å². The normalized spacial score (nSPS) is 30.6. The minimum atomic E-state index is -3.51. The van der Waals surface area contributed by atoms with Crippen LogP contribution in [0, 0.1) is 5.92 Å². The van der Waals surface area contributed by atoms with E-state index >= 15 is 0 Å². The van der Waals surface area contributed by atoms with Gasteiger partial charge in [0.2, 0.25) is 21.8 Å². The quantitative estimate of drug-likeness (QED) is 0.554. The Balaban J connectivity index is 3.11. The van der Waals surface area contributed by atoms with Gasteiger partial charge < -0.3 is 11.1 Å². The summed E-state index contributed by atoms with van der Waals surface area (Å²) >= 11 is 0. The number of nitrogens with one attached hydrogen (secondary N) is 1. The van der Waals surface area contributed by atoms with Crippen molar-refractivity contribution < 1.29 is 18.0 Å². The van der Waals surface area contributed by atoms with E-state index in [1.807, 2.05) is 0 Å². The summed E-state index contributed by atoms with van der Waals surface area (Å²) in [5.41, 5.74) is 3.78. The third-order valence-corrected chi connectivity index (χ3v) is 4.15.